The molecule has 1 amide bonds. The smallest absolute Gasteiger partial charge is 0.222 e. The molecule has 0 aliphatic rings. The molecule has 0 saturated heterocycles. The molecule has 0 bridgehead atoms. The summed E-state index contributed by atoms with van der Waals surface area (Å²) in [5.41, 5.74) is 5.37. The Kier molecular flexibility index (Phi) is 7.09. The molecule has 0 aromatic heterocycles. The molecule has 0 rings (SSSR count). The molecule has 0 spiro atoms. The fraction of sp³-hybridized carbons (Fsp3) is 0.889. The monoisotopic (exact) mass is 204 g/mol. The predicted molar refractivity (Wildman–Crippen MR) is 58.8 cm³/mol. The maximum absolute atomic E-state index is 11.4. The standard InChI is InChI=1S/C9H20N2OS/c1-7(4-5-10)9(12)11-6-8(2)13-3/h7-8H,4-6,10H2,1-3H3,(H,11,12). The van der Waals surface area contributed by atoms with Crippen molar-refractivity contribution in [2.45, 2.75) is 25.5 Å². The highest BCUT2D eigenvalue weighted by molar-refractivity contribution is 7.99. The topological polar surface area (TPSA) is 55.1 Å². The highest BCUT2D eigenvalue weighted by atomic mass is 32.2. The van der Waals surface area contributed by atoms with Gasteiger partial charge in [-0.05, 0) is 19.2 Å². The van der Waals surface area contributed by atoms with Gasteiger partial charge in [0.2, 0.25) is 5.91 Å². The van der Waals surface area contributed by atoms with E-state index in [1.54, 1.807) is 11.8 Å². The molecule has 0 saturated carbocycles. The van der Waals surface area contributed by atoms with Gasteiger partial charge in [-0.25, -0.2) is 0 Å². The normalized spacial score (nSPS) is 15.1. The molecule has 0 aliphatic carbocycles. The van der Waals surface area contributed by atoms with Gasteiger partial charge >= 0.3 is 0 Å². The van der Waals surface area contributed by atoms with Crippen LogP contribution in [0.25, 0.3) is 0 Å². The zero-order valence-electron chi connectivity index (χ0n) is 8.67. The third kappa shape index (κ3) is 5.93. The van der Waals surface area contributed by atoms with Gasteiger partial charge in [-0.3, -0.25) is 4.79 Å². The van der Waals surface area contributed by atoms with E-state index in [1.165, 1.54) is 0 Å². The SMILES string of the molecule is CSC(C)CNC(=O)C(C)CCN. The molecule has 0 radical (unpaired) electrons. The Bertz CT molecular complexity index is 153. The van der Waals surface area contributed by atoms with Crippen molar-refractivity contribution in [2.75, 3.05) is 19.3 Å². The number of thioether (sulfide) groups is 1. The number of nitrogens with one attached hydrogen (secondary N) is 1. The molecule has 13 heavy (non-hydrogen) atoms. The van der Waals surface area contributed by atoms with Gasteiger partial charge in [0.1, 0.15) is 0 Å². The quantitative estimate of drug-likeness (QED) is 0.674. The lowest BCUT2D eigenvalue weighted by atomic mass is 10.1. The van der Waals surface area contributed by atoms with Crippen LogP contribution in [0.3, 0.4) is 0 Å². The van der Waals surface area contributed by atoms with Crippen molar-refractivity contribution >= 4 is 17.7 Å². The van der Waals surface area contributed by atoms with Gasteiger partial charge in [0.05, 0.1) is 0 Å². The van der Waals surface area contributed by atoms with Crippen molar-refractivity contribution in [3.63, 3.8) is 0 Å². The summed E-state index contributed by atoms with van der Waals surface area (Å²) >= 11 is 1.75. The summed E-state index contributed by atoms with van der Waals surface area (Å²) in [6.07, 6.45) is 2.81. The molecule has 2 atom stereocenters. The number of nitrogens with two attached hydrogens (primary N) is 1. The first-order chi connectivity index (χ1) is 6.11. The van der Waals surface area contributed by atoms with Crippen molar-refractivity contribution < 1.29 is 4.79 Å². The van der Waals surface area contributed by atoms with E-state index in [0.29, 0.717) is 11.8 Å². The van der Waals surface area contributed by atoms with E-state index in [9.17, 15) is 4.79 Å². The molecule has 2 unspecified atom stereocenters. The minimum atomic E-state index is 0.0408. The maximum Gasteiger partial charge on any atom is 0.222 e. The maximum atomic E-state index is 11.4. The molecule has 4 heteroatoms. The van der Waals surface area contributed by atoms with Crippen molar-refractivity contribution in [1.29, 1.82) is 0 Å². The number of carbonyl (C=O) groups excluding carboxylic acids is 1. The number of amides is 1. The summed E-state index contributed by atoms with van der Waals surface area (Å²) in [5, 5.41) is 3.38. The van der Waals surface area contributed by atoms with Gasteiger partial charge in [-0.1, -0.05) is 13.8 Å². The summed E-state index contributed by atoms with van der Waals surface area (Å²) < 4.78 is 0. The van der Waals surface area contributed by atoms with Crippen molar-refractivity contribution in [3.8, 4) is 0 Å². The summed E-state index contributed by atoms with van der Waals surface area (Å²) in [6.45, 7) is 5.33. The van der Waals surface area contributed by atoms with Gasteiger partial charge in [0, 0.05) is 17.7 Å². The summed E-state index contributed by atoms with van der Waals surface area (Å²) in [7, 11) is 0. The van der Waals surface area contributed by atoms with Crippen LogP contribution in [0.15, 0.2) is 0 Å². The Morgan fingerprint density at radius 1 is 1.54 bits per heavy atom. The van der Waals surface area contributed by atoms with E-state index in [0.717, 1.165) is 13.0 Å². The Balaban J connectivity index is 3.61. The molecular weight excluding hydrogens is 184 g/mol. The minimum absolute atomic E-state index is 0.0408. The lowest BCUT2D eigenvalue weighted by Crippen LogP contribution is -2.34. The second-order valence-electron chi connectivity index (χ2n) is 3.27. The summed E-state index contributed by atoms with van der Waals surface area (Å²) in [4.78, 5) is 11.4. The first kappa shape index (κ1) is 12.8. The predicted octanol–water partition coefficient (Wildman–Crippen LogP) is 0.839. The lowest BCUT2D eigenvalue weighted by Gasteiger charge is -2.13. The number of carbonyl (C=O) groups is 1. The average Bonchev–Trinajstić information content (AvgIpc) is 2.13. The fourth-order valence-electron chi connectivity index (χ4n) is 0.883. The molecule has 0 fully saturated rings. The highest BCUT2D eigenvalue weighted by Gasteiger charge is 2.11. The third-order valence-corrected chi connectivity index (χ3v) is 2.98. The van der Waals surface area contributed by atoms with Crippen LogP contribution in [0, 0.1) is 5.92 Å². The molecule has 3 N–H and O–H groups in total. The van der Waals surface area contributed by atoms with Crippen LogP contribution in [0.1, 0.15) is 20.3 Å². The number of rotatable bonds is 6. The van der Waals surface area contributed by atoms with Crippen molar-refractivity contribution in [2.24, 2.45) is 11.7 Å². The molecule has 0 aromatic rings. The Hall–Kier alpha value is -0.220. The summed E-state index contributed by atoms with van der Waals surface area (Å²) in [5.74, 6) is 0.158. The molecular formula is C9H20N2OS. The number of hydrogen-bond donors (Lipinski definition) is 2. The van der Waals surface area contributed by atoms with Crippen LogP contribution in [-0.2, 0) is 4.79 Å². The Morgan fingerprint density at radius 2 is 2.15 bits per heavy atom. The van der Waals surface area contributed by atoms with Crippen LogP contribution >= 0.6 is 11.8 Å². The zero-order valence-corrected chi connectivity index (χ0v) is 9.49. The molecule has 0 heterocycles. The van der Waals surface area contributed by atoms with E-state index in [2.05, 4.69) is 12.2 Å². The van der Waals surface area contributed by atoms with E-state index in [4.69, 9.17) is 5.73 Å². The minimum Gasteiger partial charge on any atom is -0.355 e. The van der Waals surface area contributed by atoms with Gasteiger partial charge < -0.3 is 11.1 Å². The molecule has 0 aliphatic heterocycles. The van der Waals surface area contributed by atoms with Crippen LogP contribution < -0.4 is 11.1 Å². The van der Waals surface area contributed by atoms with E-state index >= 15 is 0 Å². The number of hydrogen-bond acceptors (Lipinski definition) is 3. The molecule has 0 aromatic carbocycles. The zero-order chi connectivity index (χ0) is 10.3. The lowest BCUT2D eigenvalue weighted by molar-refractivity contribution is -0.124. The van der Waals surface area contributed by atoms with Gasteiger partial charge in [-0.2, -0.15) is 11.8 Å². The van der Waals surface area contributed by atoms with Gasteiger partial charge in [-0.15, -0.1) is 0 Å². The van der Waals surface area contributed by atoms with Crippen molar-refractivity contribution in [3.05, 3.63) is 0 Å². The summed E-state index contributed by atoms with van der Waals surface area (Å²) in [6, 6.07) is 0. The largest absolute Gasteiger partial charge is 0.355 e. The van der Waals surface area contributed by atoms with Crippen LogP contribution in [0.4, 0.5) is 0 Å². The average molecular weight is 204 g/mol. The van der Waals surface area contributed by atoms with Gasteiger partial charge in [0.15, 0.2) is 0 Å². The Morgan fingerprint density at radius 3 is 2.62 bits per heavy atom. The van der Waals surface area contributed by atoms with Crippen LogP contribution in [0.2, 0.25) is 0 Å². The first-order valence-corrected chi connectivity index (χ1v) is 5.91. The highest BCUT2D eigenvalue weighted by Crippen LogP contribution is 2.04. The van der Waals surface area contributed by atoms with Crippen LogP contribution in [-0.4, -0.2) is 30.5 Å². The van der Waals surface area contributed by atoms with Gasteiger partial charge in [0.25, 0.3) is 0 Å². The fourth-order valence-corrected chi connectivity index (χ4v) is 1.13. The van der Waals surface area contributed by atoms with Crippen LogP contribution in [0.5, 0.6) is 0 Å². The second kappa shape index (κ2) is 7.21. The van der Waals surface area contributed by atoms with E-state index < -0.39 is 0 Å². The Labute approximate surface area is 84.8 Å². The van der Waals surface area contributed by atoms with E-state index in [-0.39, 0.29) is 11.8 Å². The first-order valence-electron chi connectivity index (χ1n) is 4.62. The molecule has 78 valence electrons. The third-order valence-electron chi connectivity index (χ3n) is 2.01. The van der Waals surface area contributed by atoms with E-state index in [1.807, 2.05) is 13.2 Å². The molecule has 3 nitrogen and oxygen atoms in total. The van der Waals surface area contributed by atoms with Crippen molar-refractivity contribution in [1.82, 2.24) is 5.32 Å². The second-order valence-corrected chi connectivity index (χ2v) is 4.55.